The van der Waals surface area contributed by atoms with E-state index in [0.717, 1.165) is 24.5 Å². The van der Waals surface area contributed by atoms with Crippen LogP contribution in [0.25, 0.3) is 0 Å². The Hall–Kier alpha value is -1.26. The minimum atomic E-state index is 0.221. The number of rotatable bonds is 7. The molecular formula is C16H26N2O2. The topological polar surface area (TPSA) is 58.7 Å². The molecule has 0 aromatic heterocycles. The highest BCUT2D eigenvalue weighted by Gasteiger charge is 2.20. The van der Waals surface area contributed by atoms with E-state index in [9.17, 15) is 5.11 Å². The summed E-state index contributed by atoms with van der Waals surface area (Å²) in [5.41, 5.74) is 6.40. The molecule has 0 radical (unpaired) electrons. The van der Waals surface area contributed by atoms with Crippen LogP contribution in [0.4, 0.5) is 5.69 Å². The summed E-state index contributed by atoms with van der Waals surface area (Å²) in [6, 6.07) is 8.11. The van der Waals surface area contributed by atoms with Crippen LogP contribution >= 0.6 is 0 Å². The van der Waals surface area contributed by atoms with E-state index in [0.29, 0.717) is 12.6 Å². The van der Waals surface area contributed by atoms with Gasteiger partial charge in [0.15, 0.2) is 0 Å². The third kappa shape index (κ3) is 4.69. The molecule has 0 unspecified atom stereocenters. The Morgan fingerprint density at radius 3 is 2.45 bits per heavy atom. The van der Waals surface area contributed by atoms with Crippen LogP contribution in [0.15, 0.2) is 24.3 Å². The zero-order valence-electron chi connectivity index (χ0n) is 12.1. The monoisotopic (exact) mass is 278 g/mol. The van der Waals surface area contributed by atoms with Crippen LogP contribution in [0.2, 0.25) is 0 Å². The van der Waals surface area contributed by atoms with Crippen molar-refractivity contribution in [2.45, 2.75) is 38.1 Å². The van der Waals surface area contributed by atoms with Gasteiger partial charge in [-0.2, -0.15) is 0 Å². The zero-order valence-corrected chi connectivity index (χ0v) is 12.1. The number of nitrogens with zero attached hydrogens (tertiary/aromatic N) is 1. The van der Waals surface area contributed by atoms with Crippen LogP contribution in [0, 0.1) is 0 Å². The fourth-order valence-corrected chi connectivity index (χ4v) is 2.90. The van der Waals surface area contributed by atoms with E-state index >= 15 is 0 Å². The van der Waals surface area contributed by atoms with Gasteiger partial charge in [-0.25, -0.2) is 0 Å². The van der Waals surface area contributed by atoms with Gasteiger partial charge >= 0.3 is 0 Å². The summed E-state index contributed by atoms with van der Waals surface area (Å²) >= 11 is 0. The average Bonchev–Trinajstić information content (AvgIpc) is 2.49. The molecule has 1 saturated carbocycles. The fraction of sp³-hybridized carbons (Fsp3) is 0.625. The van der Waals surface area contributed by atoms with E-state index in [4.69, 9.17) is 10.5 Å². The number of nitrogen functional groups attached to an aromatic ring is 1. The number of ether oxygens (including phenoxy) is 1. The third-order valence-electron chi connectivity index (χ3n) is 4.01. The van der Waals surface area contributed by atoms with E-state index in [1.165, 1.54) is 32.1 Å². The highest BCUT2D eigenvalue weighted by molar-refractivity contribution is 5.41. The van der Waals surface area contributed by atoms with Gasteiger partial charge in [0.05, 0.1) is 6.61 Å². The number of benzene rings is 1. The van der Waals surface area contributed by atoms with Gasteiger partial charge in [-0.05, 0) is 37.1 Å². The Morgan fingerprint density at radius 2 is 1.80 bits per heavy atom. The van der Waals surface area contributed by atoms with Crippen molar-refractivity contribution < 1.29 is 9.84 Å². The predicted molar refractivity (Wildman–Crippen MR) is 81.9 cm³/mol. The van der Waals surface area contributed by atoms with Gasteiger partial charge in [0.25, 0.3) is 0 Å². The van der Waals surface area contributed by atoms with Gasteiger partial charge in [-0.1, -0.05) is 19.3 Å². The van der Waals surface area contributed by atoms with Crippen molar-refractivity contribution in [3.05, 3.63) is 24.3 Å². The Morgan fingerprint density at radius 1 is 1.10 bits per heavy atom. The molecular weight excluding hydrogens is 252 g/mol. The van der Waals surface area contributed by atoms with Gasteiger partial charge in [-0.15, -0.1) is 0 Å². The maximum atomic E-state index is 9.22. The van der Waals surface area contributed by atoms with Crippen LogP contribution in [0.5, 0.6) is 5.75 Å². The molecule has 1 fully saturated rings. The normalized spacial score (nSPS) is 16.5. The van der Waals surface area contributed by atoms with Crippen molar-refractivity contribution >= 4 is 5.69 Å². The average molecular weight is 278 g/mol. The van der Waals surface area contributed by atoms with Gasteiger partial charge in [0, 0.05) is 24.8 Å². The van der Waals surface area contributed by atoms with Gasteiger partial charge < -0.3 is 15.6 Å². The van der Waals surface area contributed by atoms with E-state index in [-0.39, 0.29) is 6.61 Å². The third-order valence-corrected chi connectivity index (χ3v) is 4.01. The minimum Gasteiger partial charge on any atom is -0.492 e. The quantitative estimate of drug-likeness (QED) is 0.751. The molecule has 2 rings (SSSR count). The van der Waals surface area contributed by atoms with E-state index in [1.54, 1.807) is 0 Å². The number of hydrogen-bond acceptors (Lipinski definition) is 4. The highest BCUT2D eigenvalue weighted by Crippen LogP contribution is 2.22. The number of aliphatic hydroxyl groups excluding tert-OH is 1. The molecule has 1 aromatic rings. The molecule has 4 heteroatoms. The zero-order chi connectivity index (χ0) is 14.2. The maximum Gasteiger partial charge on any atom is 0.119 e. The molecule has 0 bridgehead atoms. The van der Waals surface area contributed by atoms with E-state index in [2.05, 4.69) is 4.90 Å². The summed E-state index contributed by atoms with van der Waals surface area (Å²) in [7, 11) is 0. The van der Waals surface area contributed by atoms with Crippen LogP contribution in [-0.2, 0) is 0 Å². The number of aliphatic hydroxyl groups is 1. The molecule has 0 heterocycles. The standard InChI is InChI=1S/C16H26N2O2/c17-14-6-8-16(9-7-14)20-13-11-18(10-12-19)15-4-2-1-3-5-15/h6-9,15,19H,1-5,10-13,17H2. The molecule has 20 heavy (non-hydrogen) atoms. The Labute approximate surface area is 121 Å². The Balaban J connectivity index is 1.77. The number of anilines is 1. The molecule has 0 saturated heterocycles. The van der Waals surface area contributed by atoms with Gasteiger partial charge in [0.1, 0.15) is 12.4 Å². The summed E-state index contributed by atoms with van der Waals surface area (Å²) < 4.78 is 5.75. The highest BCUT2D eigenvalue weighted by atomic mass is 16.5. The second kappa shape index (κ2) is 8.12. The molecule has 0 spiro atoms. The Kier molecular flexibility index (Phi) is 6.15. The lowest BCUT2D eigenvalue weighted by Gasteiger charge is -2.33. The first kappa shape index (κ1) is 15.1. The molecule has 4 nitrogen and oxygen atoms in total. The van der Waals surface area contributed by atoms with Crippen LogP contribution in [0.3, 0.4) is 0 Å². The van der Waals surface area contributed by atoms with Gasteiger partial charge in [0.2, 0.25) is 0 Å². The first-order valence-corrected chi connectivity index (χ1v) is 7.63. The lowest BCUT2D eigenvalue weighted by Crippen LogP contribution is -2.41. The molecule has 0 atom stereocenters. The van der Waals surface area contributed by atoms with Crippen molar-refractivity contribution in [1.82, 2.24) is 4.90 Å². The summed E-state index contributed by atoms with van der Waals surface area (Å²) in [5, 5.41) is 9.22. The second-order valence-corrected chi connectivity index (χ2v) is 5.47. The first-order valence-electron chi connectivity index (χ1n) is 7.63. The van der Waals surface area contributed by atoms with Crippen molar-refractivity contribution in [3.63, 3.8) is 0 Å². The lowest BCUT2D eigenvalue weighted by molar-refractivity contribution is 0.106. The maximum absolute atomic E-state index is 9.22. The molecule has 112 valence electrons. The summed E-state index contributed by atoms with van der Waals surface area (Å²) in [6.07, 6.45) is 6.48. The molecule has 1 aromatic carbocycles. The minimum absolute atomic E-state index is 0.221. The summed E-state index contributed by atoms with van der Waals surface area (Å²) in [4.78, 5) is 2.37. The van der Waals surface area contributed by atoms with E-state index in [1.807, 2.05) is 24.3 Å². The van der Waals surface area contributed by atoms with Crippen molar-refractivity contribution in [3.8, 4) is 5.75 Å². The molecule has 1 aliphatic carbocycles. The number of nitrogens with two attached hydrogens (primary N) is 1. The predicted octanol–water partition coefficient (Wildman–Crippen LogP) is 2.27. The van der Waals surface area contributed by atoms with Crippen LogP contribution in [0.1, 0.15) is 32.1 Å². The smallest absolute Gasteiger partial charge is 0.119 e. The first-order chi connectivity index (χ1) is 9.79. The Bertz CT molecular complexity index is 375. The fourth-order valence-electron chi connectivity index (χ4n) is 2.90. The number of hydrogen-bond donors (Lipinski definition) is 2. The van der Waals surface area contributed by atoms with Crippen molar-refractivity contribution in [2.24, 2.45) is 0 Å². The molecule has 1 aliphatic rings. The largest absolute Gasteiger partial charge is 0.492 e. The summed E-state index contributed by atoms with van der Waals surface area (Å²) in [5.74, 6) is 0.854. The van der Waals surface area contributed by atoms with Crippen molar-refractivity contribution in [2.75, 3.05) is 32.0 Å². The van der Waals surface area contributed by atoms with E-state index < -0.39 is 0 Å². The molecule has 3 N–H and O–H groups in total. The lowest BCUT2D eigenvalue weighted by atomic mass is 9.94. The second-order valence-electron chi connectivity index (χ2n) is 5.47. The van der Waals surface area contributed by atoms with Gasteiger partial charge in [-0.3, -0.25) is 4.90 Å². The van der Waals surface area contributed by atoms with Crippen LogP contribution in [-0.4, -0.2) is 42.4 Å². The van der Waals surface area contributed by atoms with Crippen molar-refractivity contribution in [1.29, 1.82) is 0 Å². The SMILES string of the molecule is Nc1ccc(OCCN(CCO)C2CCCCC2)cc1. The summed E-state index contributed by atoms with van der Waals surface area (Å²) in [6.45, 7) is 2.49. The van der Waals surface area contributed by atoms with Crippen LogP contribution < -0.4 is 10.5 Å². The molecule has 0 amide bonds. The molecule has 0 aliphatic heterocycles.